The summed E-state index contributed by atoms with van der Waals surface area (Å²) in [5.74, 6) is 0.478. The van der Waals surface area contributed by atoms with E-state index in [2.05, 4.69) is 5.10 Å². The standard InChI is InChI=1S/C23H26N4O4S/c28-21(25-12-8-23(9-13-25)30-14-15-31-23)18-32(29)17-19-16-24-27(20-6-2-1-3-7-20)22(19)26-10-4-5-11-26/h1-7,10-11,16H,8-9,12-15,17-18H2. The van der Waals surface area contributed by atoms with Crippen molar-refractivity contribution in [2.75, 3.05) is 32.1 Å². The highest BCUT2D eigenvalue weighted by Crippen LogP contribution is 2.31. The highest BCUT2D eigenvalue weighted by atomic mass is 32.2. The predicted octanol–water partition coefficient (Wildman–Crippen LogP) is 2.28. The molecule has 9 heteroatoms. The molecule has 2 fully saturated rings. The van der Waals surface area contributed by atoms with E-state index in [4.69, 9.17) is 9.47 Å². The van der Waals surface area contributed by atoms with Gasteiger partial charge in [0.25, 0.3) is 0 Å². The normalized spacial score (nSPS) is 18.8. The van der Waals surface area contributed by atoms with Crippen LogP contribution in [0.25, 0.3) is 11.5 Å². The van der Waals surface area contributed by atoms with E-state index in [-0.39, 0.29) is 17.4 Å². The number of aromatic nitrogens is 3. The molecule has 168 valence electrons. The van der Waals surface area contributed by atoms with Crippen LogP contribution in [0.1, 0.15) is 18.4 Å². The lowest BCUT2D eigenvalue weighted by atomic mass is 10.0. The van der Waals surface area contributed by atoms with Gasteiger partial charge in [0.2, 0.25) is 5.91 Å². The molecule has 1 atom stereocenters. The monoisotopic (exact) mass is 454 g/mol. The minimum Gasteiger partial charge on any atom is -0.347 e. The van der Waals surface area contributed by atoms with E-state index >= 15 is 0 Å². The number of ether oxygens (including phenoxy) is 2. The van der Waals surface area contributed by atoms with Crippen LogP contribution in [0.15, 0.2) is 61.1 Å². The number of amides is 1. The van der Waals surface area contributed by atoms with Gasteiger partial charge in [-0.05, 0) is 24.3 Å². The molecule has 0 aliphatic carbocycles. The molecule has 5 rings (SSSR count). The molecular formula is C23H26N4O4S. The van der Waals surface area contributed by atoms with Gasteiger partial charge in [0.05, 0.1) is 30.9 Å². The van der Waals surface area contributed by atoms with Crippen LogP contribution in [-0.4, -0.2) is 67.2 Å². The number of likely N-dealkylation sites (tertiary alicyclic amines) is 1. The summed E-state index contributed by atoms with van der Waals surface area (Å²) in [6, 6.07) is 13.7. The number of hydrogen-bond acceptors (Lipinski definition) is 5. The maximum Gasteiger partial charge on any atom is 0.235 e. The first kappa shape index (κ1) is 21.1. The molecule has 0 saturated carbocycles. The van der Waals surface area contributed by atoms with Crippen LogP contribution in [0.4, 0.5) is 0 Å². The maximum atomic E-state index is 13.0. The van der Waals surface area contributed by atoms with Crippen molar-refractivity contribution in [1.29, 1.82) is 0 Å². The average Bonchev–Trinajstić information content (AvgIpc) is 3.56. The Kier molecular flexibility index (Phi) is 5.95. The van der Waals surface area contributed by atoms with Crippen molar-refractivity contribution in [3.8, 4) is 11.5 Å². The van der Waals surface area contributed by atoms with E-state index in [1.54, 1.807) is 11.1 Å². The number of nitrogens with zero attached hydrogens (tertiary/aromatic N) is 4. The van der Waals surface area contributed by atoms with Gasteiger partial charge in [-0.1, -0.05) is 18.2 Å². The van der Waals surface area contributed by atoms with Crippen molar-refractivity contribution in [2.45, 2.75) is 24.4 Å². The van der Waals surface area contributed by atoms with Crippen molar-refractivity contribution in [1.82, 2.24) is 19.2 Å². The zero-order valence-corrected chi connectivity index (χ0v) is 18.6. The molecule has 2 aliphatic heterocycles. The molecule has 2 saturated heterocycles. The second-order valence-electron chi connectivity index (χ2n) is 8.05. The van der Waals surface area contributed by atoms with Gasteiger partial charge in [0, 0.05) is 54.7 Å². The van der Waals surface area contributed by atoms with E-state index in [1.807, 2.05) is 64.1 Å². The fourth-order valence-corrected chi connectivity index (χ4v) is 5.43. The molecule has 0 radical (unpaired) electrons. The minimum atomic E-state index is -1.35. The van der Waals surface area contributed by atoms with Crippen LogP contribution in [0.3, 0.4) is 0 Å². The molecule has 2 aromatic heterocycles. The highest BCUT2D eigenvalue weighted by Gasteiger charge is 2.40. The summed E-state index contributed by atoms with van der Waals surface area (Å²) < 4.78 is 28.2. The Morgan fingerprint density at radius 1 is 1.03 bits per heavy atom. The smallest absolute Gasteiger partial charge is 0.235 e. The molecule has 4 heterocycles. The third-order valence-electron chi connectivity index (χ3n) is 5.96. The number of benzene rings is 1. The van der Waals surface area contributed by atoms with E-state index in [0.29, 0.717) is 39.1 Å². The Morgan fingerprint density at radius 2 is 1.72 bits per heavy atom. The zero-order chi connectivity index (χ0) is 22.0. The second-order valence-corrected chi connectivity index (χ2v) is 9.50. The fraction of sp³-hybridized carbons (Fsp3) is 0.391. The molecule has 0 N–H and O–H groups in total. The number of para-hydroxylation sites is 1. The Morgan fingerprint density at radius 3 is 2.41 bits per heavy atom. The fourth-order valence-electron chi connectivity index (χ4n) is 4.32. The van der Waals surface area contributed by atoms with Crippen LogP contribution in [0.5, 0.6) is 0 Å². The van der Waals surface area contributed by atoms with Gasteiger partial charge < -0.3 is 18.9 Å². The lowest BCUT2D eigenvalue weighted by Gasteiger charge is -2.37. The van der Waals surface area contributed by atoms with Gasteiger partial charge in [0.15, 0.2) is 5.79 Å². The predicted molar refractivity (Wildman–Crippen MR) is 120 cm³/mol. The van der Waals surface area contributed by atoms with Crippen LogP contribution in [0.2, 0.25) is 0 Å². The van der Waals surface area contributed by atoms with Gasteiger partial charge in [-0.2, -0.15) is 5.10 Å². The molecule has 2 aliphatic rings. The van der Waals surface area contributed by atoms with Gasteiger partial charge in [-0.3, -0.25) is 9.00 Å². The third-order valence-corrected chi connectivity index (χ3v) is 7.16. The van der Waals surface area contributed by atoms with Crippen molar-refractivity contribution >= 4 is 16.7 Å². The number of rotatable bonds is 6. The van der Waals surface area contributed by atoms with Crippen molar-refractivity contribution in [3.05, 3.63) is 66.6 Å². The molecule has 1 amide bonds. The zero-order valence-electron chi connectivity index (χ0n) is 17.8. The SMILES string of the molecule is O=C(CS(=O)Cc1cnn(-c2ccccc2)c1-n1cccc1)N1CCC2(CC1)OCCO2. The molecule has 32 heavy (non-hydrogen) atoms. The molecule has 1 aromatic carbocycles. The molecular weight excluding hydrogens is 428 g/mol. The van der Waals surface area contributed by atoms with Crippen molar-refractivity contribution < 1.29 is 18.5 Å². The molecule has 1 spiro atoms. The Hall–Kier alpha value is -2.75. The van der Waals surface area contributed by atoms with Gasteiger partial charge in [-0.25, -0.2) is 4.68 Å². The minimum absolute atomic E-state index is 0.00362. The van der Waals surface area contributed by atoms with E-state index in [0.717, 1.165) is 17.1 Å². The van der Waals surface area contributed by atoms with Crippen molar-refractivity contribution in [3.63, 3.8) is 0 Å². The van der Waals surface area contributed by atoms with Crippen LogP contribution in [-0.2, 0) is 30.8 Å². The number of hydrogen-bond donors (Lipinski definition) is 0. The maximum absolute atomic E-state index is 13.0. The summed E-state index contributed by atoms with van der Waals surface area (Å²) in [6.07, 6.45) is 6.93. The number of carbonyl (C=O) groups excluding carboxylic acids is 1. The highest BCUT2D eigenvalue weighted by molar-refractivity contribution is 7.84. The van der Waals surface area contributed by atoms with E-state index < -0.39 is 16.6 Å². The van der Waals surface area contributed by atoms with Gasteiger partial charge in [-0.15, -0.1) is 0 Å². The number of carbonyl (C=O) groups is 1. The topological polar surface area (TPSA) is 78.6 Å². The van der Waals surface area contributed by atoms with Gasteiger partial charge >= 0.3 is 0 Å². The average molecular weight is 455 g/mol. The summed E-state index contributed by atoms with van der Waals surface area (Å²) in [4.78, 5) is 14.5. The van der Waals surface area contributed by atoms with Crippen molar-refractivity contribution in [2.24, 2.45) is 0 Å². The van der Waals surface area contributed by atoms with Crippen LogP contribution >= 0.6 is 0 Å². The third kappa shape index (κ3) is 4.28. The first-order valence-corrected chi connectivity index (χ1v) is 12.3. The summed E-state index contributed by atoms with van der Waals surface area (Å²) in [7, 11) is -1.35. The van der Waals surface area contributed by atoms with E-state index in [9.17, 15) is 9.00 Å². The van der Waals surface area contributed by atoms with Crippen LogP contribution < -0.4 is 0 Å². The quantitative estimate of drug-likeness (QED) is 0.571. The summed E-state index contributed by atoms with van der Waals surface area (Å²) in [5, 5.41) is 4.54. The largest absolute Gasteiger partial charge is 0.347 e. The Labute approximate surface area is 189 Å². The lowest BCUT2D eigenvalue weighted by Crippen LogP contribution is -2.48. The Bertz CT molecular complexity index is 1080. The van der Waals surface area contributed by atoms with Crippen LogP contribution in [0, 0.1) is 0 Å². The first-order valence-electron chi connectivity index (χ1n) is 10.8. The summed E-state index contributed by atoms with van der Waals surface area (Å²) in [6.45, 7) is 2.35. The lowest BCUT2D eigenvalue weighted by molar-refractivity contribution is -0.186. The molecule has 0 bridgehead atoms. The Balaban J connectivity index is 1.27. The molecule has 8 nitrogen and oxygen atoms in total. The first-order chi connectivity index (χ1) is 15.6. The second kappa shape index (κ2) is 9.01. The number of piperidine rings is 1. The van der Waals surface area contributed by atoms with Gasteiger partial charge in [0.1, 0.15) is 11.6 Å². The van der Waals surface area contributed by atoms with E-state index in [1.165, 1.54) is 0 Å². The summed E-state index contributed by atoms with van der Waals surface area (Å²) in [5.41, 5.74) is 1.75. The molecule has 1 unspecified atom stereocenters. The summed E-state index contributed by atoms with van der Waals surface area (Å²) >= 11 is 0. The molecule has 3 aromatic rings.